The molecule has 0 aliphatic rings. The Hall–Kier alpha value is -4.71. The average molecular weight is 469 g/mol. The van der Waals surface area contributed by atoms with Crippen LogP contribution in [-0.2, 0) is 11.3 Å². The van der Waals surface area contributed by atoms with Crippen LogP contribution in [0.15, 0.2) is 103 Å². The standard InChI is InChI=1S/C15H12O4.C14H12O2/c16-14(17)12-6-8-13(9-7-12)15(18)19-10-11-4-2-1-3-5-11;1-10-4-2-3-5-13(10)11-6-8-12(9-7-11)14(15)16/h1-9H,10H2,(H,16,17);2-9H,1H3,(H,15,16). The number of carboxylic acids is 2. The Morgan fingerprint density at radius 3 is 1.66 bits per heavy atom. The molecule has 0 heterocycles. The SMILES string of the molecule is Cc1ccccc1-c1ccc(C(=O)O)cc1.O=C(O)c1ccc(C(=O)OCc2ccccc2)cc1. The van der Waals surface area contributed by atoms with E-state index >= 15 is 0 Å². The fourth-order valence-corrected chi connectivity index (χ4v) is 3.24. The summed E-state index contributed by atoms with van der Waals surface area (Å²) in [5.41, 5.74) is 5.06. The molecule has 4 rings (SSSR count). The van der Waals surface area contributed by atoms with Crippen LogP contribution in [0.2, 0.25) is 0 Å². The monoisotopic (exact) mass is 468 g/mol. The van der Waals surface area contributed by atoms with Gasteiger partial charge in [0.15, 0.2) is 0 Å². The highest BCUT2D eigenvalue weighted by molar-refractivity contribution is 5.92. The summed E-state index contributed by atoms with van der Waals surface area (Å²) in [5, 5.41) is 17.6. The van der Waals surface area contributed by atoms with Crippen molar-refractivity contribution in [3.8, 4) is 11.1 Å². The molecule has 2 N–H and O–H groups in total. The number of hydrogen-bond donors (Lipinski definition) is 2. The number of rotatable bonds is 6. The molecular formula is C29H24O6. The molecule has 6 nitrogen and oxygen atoms in total. The van der Waals surface area contributed by atoms with Gasteiger partial charge < -0.3 is 14.9 Å². The van der Waals surface area contributed by atoms with E-state index < -0.39 is 17.9 Å². The molecule has 0 fully saturated rings. The number of ether oxygens (including phenoxy) is 1. The van der Waals surface area contributed by atoms with Crippen molar-refractivity contribution < 1.29 is 29.3 Å². The fourth-order valence-electron chi connectivity index (χ4n) is 3.24. The Balaban J connectivity index is 0.000000198. The summed E-state index contributed by atoms with van der Waals surface area (Å²) in [7, 11) is 0. The highest BCUT2D eigenvalue weighted by Gasteiger charge is 2.09. The average Bonchev–Trinajstić information content (AvgIpc) is 2.88. The molecule has 0 aromatic heterocycles. The van der Waals surface area contributed by atoms with E-state index in [9.17, 15) is 14.4 Å². The van der Waals surface area contributed by atoms with Crippen molar-refractivity contribution in [1.82, 2.24) is 0 Å². The molecule has 0 bridgehead atoms. The van der Waals surface area contributed by atoms with E-state index in [0.29, 0.717) is 11.1 Å². The molecule has 0 aliphatic heterocycles. The largest absolute Gasteiger partial charge is 0.478 e. The summed E-state index contributed by atoms with van der Waals surface area (Å²) >= 11 is 0. The zero-order chi connectivity index (χ0) is 25.2. The highest BCUT2D eigenvalue weighted by atomic mass is 16.5. The summed E-state index contributed by atoms with van der Waals surface area (Å²) in [4.78, 5) is 33.1. The van der Waals surface area contributed by atoms with Crippen LogP contribution in [0.4, 0.5) is 0 Å². The van der Waals surface area contributed by atoms with Gasteiger partial charge in [0.2, 0.25) is 0 Å². The fraction of sp³-hybridized carbons (Fsp3) is 0.0690. The maximum atomic E-state index is 11.7. The summed E-state index contributed by atoms with van der Waals surface area (Å²) in [6, 6.07) is 30.0. The van der Waals surface area contributed by atoms with E-state index in [0.717, 1.165) is 16.7 Å². The van der Waals surface area contributed by atoms with E-state index in [1.165, 1.54) is 29.8 Å². The van der Waals surface area contributed by atoms with Gasteiger partial charge in [-0.25, -0.2) is 14.4 Å². The van der Waals surface area contributed by atoms with Crippen LogP contribution in [0, 0.1) is 6.92 Å². The zero-order valence-corrected chi connectivity index (χ0v) is 19.0. The lowest BCUT2D eigenvalue weighted by atomic mass is 10.00. The smallest absolute Gasteiger partial charge is 0.338 e. The number of aryl methyl sites for hydroxylation is 1. The number of carboxylic acid groups (broad SMARTS) is 2. The highest BCUT2D eigenvalue weighted by Crippen LogP contribution is 2.23. The maximum absolute atomic E-state index is 11.7. The van der Waals surface area contributed by atoms with E-state index in [1.54, 1.807) is 12.1 Å². The third kappa shape index (κ3) is 7.14. The lowest BCUT2D eigenvalue weighted by Gasteiger charge is -2.05. The molecule has 0 saturated heterocycles. The Kier molecular flexibility index (Phi) is 8.51. The van der Waals surface area contributed by atoms with Gasteiger partial charge in [0, 0.05) is 0 Å². The number of hydrogen-bond acceptors (Lipinski definition) is 4. The van der Waals surface area contributed by atoms with Gasteiger partial charge >= 0.3 is 17.9 Å². The zero-order valence-electron chi connectivity index (χ0n) is 19.0. The predicted octanol–water partition coefficient (Wildman–Crippen LogP) is 6.10. The topological polar surface area (TPSA) is 101 Å². The minimum atomic E-state index is -1.02. The molecule has 0 amide bonds. The first-order chi connectivity index (χ1) is 16.8. The summed E-state index contributed by atoms with van der Waals surface area (Å²) in [5.74, 6) is -2.39. The Bertz CT molecular complexity index is 1290. The first kappa shape index (κ1) is 24.9. The Morgan fingerprint density at radius 1 is 0.629 bits per heavy atom. The van der Waals surface area contributed by atoms with Crippen LogP contribution in [-0.4, -0.2) is 28.1 Å². The molecule has 0 radical (unpaired) electrons. The number of esters is 1. The molecular weight excluding hydrogens is 444 g/mol. The molecule has 35 heavy (non-hydrogen) atoms. The normalized spacial score (nSPS) is 9.97. The van der Waals surface area contributed by atoms with Crippen LogP contribution < -0.4 is 0 Å². The van der Waals surface area contributed by atoms with Gasteiger partial charge in [-0.05, 0) is 65.6 Å². The minimum absolute atomic E-state index is 0.139. The second-order valence-corrected chi connectivity index (χ2v) is 7.64. The van der Waals surface area contributed by atoms with E-state index in [1.807, 2.05) is 73.7 Å². The third-order valence-electron chi connectivity index (χ3n) is 5.17. The van der Waals surface area contributed by atoms with Crippen molar-refractivity contribution in [3.63, 3.8) is 0 Å². The van der Waals surface area contributed by atoms with Crippen LogP contribution in [0.5, 0.6) is 0 Å². The van der Waals surface area contributed by atoms with Crippen molar-refractivity contribution in [3.05, 3.63) is 131 Å². The first-order valence-electron chi connectivity index (χ1n) is 10.8. The van der Waals surface area contributed by atoms with Gasteiger partial charge in [0.25, 0.3) is 0 Å². The molecule has 6 heteroatoms. The molecule has 176 valence electrons. The maximum Gasteiger partial charge on any atom is 0.338 e. The van der Waals surface area contributed by atoms with Crippen molar-refractivity contribution in [2.45, 2.75) is 13.5 Å². The molecule has 0 saturated carbocycles. The number of carbonyl (C=O) groups is 3. The van der Waals surface area contributed by atoms with Crippen LogP contribution in [0.1, 0.15) is 42.2 Å². The van der Waals surface area contributed by atoms with Crippen LogP contribution >= 0.6 is 0 Å². The molecule has 0 atom stereocenters. The minimum Gasteiger partial charge on any atom is -0.478 e. The summed E-state index contributed by atoms with van der Waals surface area (Å²) in [6.45, 7) is 2.24. The van der Waals surface area contributed by atoms with E-state index in [-0.39, 0.29) is 12.2 Å². The van der Waals surface area contributed by atoms with Gasteiger partial charge in [0.1, 0.15) is 6.61 Å². The molecule has 4 aromatic carbocycles. The van der Waals surface area contributed by atoms with Gasteiger partial charge in [-0.1, -0.05) is 66.7 Å². The number of aromatic carboxylic acids is 2. The lowest BCUT2D eigenvalue weighted by molar-refractivity contribution is 0.0471. The van der Waals surface area contributed by atoms with E-state index in [4.69, 9.17) is 14.9 Å². The molecule has 4 aromatic rings. The van der Waals surface area contributed by atoms with Crippen LogP contribution in [0.3, 0.4) is 0 Å². The van der Waals surface area contributed by atoms with E-state index in [2.05, 4.69) is 0 Å². The van der Waals surface area contributed by atoms with Crippen molar-refractivity contribution in [2.75, 3.05) is 0 Å². The van der Waals surface area contributed by atoms with Gasteiger partial charge in [-0.2, -0.15) is 0 Å². The Morgan fingerprint density at radius 2 is 1.11 bits per heavy atom. The summed E-state index contributed by atoms with van der Waals surface area (Å²) < 4.78 is 5.13. The first-order valence-corrected chi connectivity index (χ1v) is 10.8. The second kappa shape index (κ2) is 12.0. The molecule has 0 spiro atoms. The molecule has 0 unspecified atom stereocenters. The number of benzene rings is 4. The quantitative estimate of drug-likeness (QED) is 0.332. The van der Waals surface area contributed by atoms with Gasteiger partial charge in [-0.3, -0.25) is 0 Å². The third-order valence-corrected chi connectivity index (χ3v) is 5.17. The predicted molar refractivity (Wildman–Crippen MR) is 133 cm³/mol. The second-order valence-electron chi connectivity index (χ2n) is 7.64. The van der Waals surface area contributed by atoms with Crippen molar-refractivity contribution in [2.24, 2.45) is 0 Å². The molecule has 0 aliphatic carbocycles. The Labute approximate surface area is 203 Å². The lowest BCUT2D eigenvalue weighted by Crippen LogP contribution is -2.06. The number of carbonyl (C=O) groups excluding carboxylic acids is 1. The van der Waals surface area contributed by atoms with Crippen LogP contribution in [0.25, 0.3) is 11.1 Å². The summed E-state index contributed by atoms with van der Waals surface area (Å²) in [6.07, 6.45) is 0. The van der Waals surface area contributed by atoms with Gasteiger partial charge in [0.05, 0.1) is 16.7 Å². The van der Waals surface area contributed by atoms with Gasteiger partial charge in [-0.15, -0.1) is 0 Å². The van der Waals surface area contributed by atoms with Crippen molar-refractivity contribution in [1.29, 1.82) is 0 Å². The van der Waals surface area contributed by atoms with Crippen molar-refractivity contribution >= 4 is 17.9 Å².